The Kier molecular flexibility index (Phi) is 5.31. The molecule has 1 heterocycles. The molecule has 0 radical (unpaired) electrons. The number of nitrogens with zero attached hydrogens (tertiary/aromatic N) is 2. The molecule has 3 rings (SSSR count). The molecule has 134 valence electrons. The molecular formula is C20H20FN3O2. The lowest BCUT2D eigenvalue weighted by Crippen LogP contribution is -2.25. The number of nitrogens with one attached hydrogen (secondary N) is 1. The quantitative estimate of drug-likeness (QED) is 0.740. The van der Waals surface area contributed by atoms with E-state index in [1.165, 1.54) is 19.2 Å². The second-order valence-electron chi connectivity index (χ2n) is 5.95. The lowest BCUT2D eigenvalue weighted by Gasteiger charge is -2.07. The molecule has 26 heavy (non-hydrogen) atoms. The number of halogens is 1. The Bertz CT molecular complexity index is 904. The molecule has 0 aliphatic carbocycles. The van der Waals surface area contributed by atoms with Crippen LogP contribution in [0, 0.1) is 5.82 Å². The van der Waals surface area contributed by atoms with Crippen molar-refractivity contribution in [1.82, 2.24) is 15.1 Å². The summed E-state index contributed by atoms with van der Waals surface area (Å²) < 4.78 is 20.3. The van der Waals surface area contributed by atoms with Gasteiger partial charge in [0.05, 0.1) is 13.3 Å². The number of ether oxygens (including phenoxy) is 1. The third kappa shape index (κ3) is 4.08. The SMILES string of the molecule is COc1ccc(C(=O)NCCc2ccc(-c3cnn(C)c3)cc2)cc1F. The molecule has 0 spiro atoms. The van der Waals surface area contributed by atoms with Crippen molar-refractivity contribution in [2.24, 2.45) is 7.05 Å². The molecule has 0 atom stereocenters. The van der Waals surface area contributed by atoms with Crippen molar-refractivity contribution in [2.45, 2.75) is 6.42 Å². The maximum atomic E-state index is 13.7. The van der Waals surface area contributed by atoms with E-state index in [1.54, 1.807) is 10.7 Å². The van der Waals surface area contributed by atoms with Gasteiger partial charge in [-0.1, -0.05) is 24.3 Å². The maximum Gasteiger partial charge on any atom is 0.251 e. The van der Waals surface area contributed by atoms with Crippen molar-refractivity contribution in [1.29, 1.82) is 0 Å². The normalized spacial score (nSPS) is 10.6. The Labute approximate surface area is 151 Å². The number of hydrogen-bond donors (Lipinski definition) is 1. The van der Waals surface area contributed by atoms with E-state index in [2.05, 4.69) is 10.4 Å². The second-order valence-corrected chi connectivity index (χ2v) is 5.95. The molecule has 1 aromatic heterocycles. The van der Waals surface area contributed by atoms with Crippen LogP contribution in [0.15, 0.2) is 54.9 Å². The van der Waals surface area contributed by atoms with E-state index < -0.39 is 5.82 Å². The van der Waals surface area contributed by atoms with Crippen molar-refractivity contribution in [3.8, 4) is 16.9 Å². The fourth-order valence-electron chi connectivity index (χ4n) is 2.66. The van der Waals surface area contributed by atoms with Gasteiger partial charge in [0.1, 0.15) is 0 Å². The molecule has 0 fully saturated rings. The van der Waals surface area contributed by atoms with Crippen LogP contribution in [0.1, 0.15) is 15.9 Å². The molecular weight excluding hydrogens is 333 g/mol. The van der Waals surface area contributed by atoms with E-state index in [1.807, 2.05) is 43.7 Å². The predicted molar refractivity (Wildman–Crippen MR) is 97.6 cm³/mol. The van der Waals surface area contributed by atoms with Crippen molar-refractivity contribution in [2.75, 3.05) is 13.7 Å². The molecule has 1 N–H and O–H groups in total. The lowest BCUT2D eigenvalue weighted by molar-refractivity contribution is 0.0953. The number of aromatic nitrogens is 2. The van der Waals surface area contributed by atoms with Gasteiger partial charge in [0.25, 0.3) is 5.91 Å². The van der Waals surface area contributed by atoms with Gasteiger partial charge in [0.15, 0.2) is 11.6 Å². The Morgan fingerprint density at radius 3 is 2.58 bits per heavy atom. The van der Waals surface area contributed by atoms with Crippen LogP contribution in [-0.4, -0.2) is 29.3 Å². The zero-order valence-electron chi connectivity index (χ0n) is 14.7. The van der Waals surface area contributed by atoms with Gasteiger partial charge in [0, 0.05) is 30.9 Å². The Morgan fingerprint density at radius 1 is 1.19 bits per heavy atom. The van der Waals surface area contributed by atoms with Crippen LogP contribution in [0.2, 0.25) is 0 Å². The Balaban J connectivity index is 1.54. The van der Waals surface area contributed by atoms with E-state index in [9.17, 15) is 9.18 Å². The van der Waals surface area contributed by atoms with Gasteiger partial charge >= 0.3 is 0 Å². The summed E-state index contributed by atoms with van der Waals surface area (Å²) in [7, 11) is 3.27. The fourth-order valence-corrected chi connectivity index (χ4v) is 2.66. The van der Waals surface area contributed by atoms with Crippen molar-refractivity contribution >= 4 is 5.91 Å². The first kappa shape index (κ1) is 17.7. The van der Waals surface area contributed by atoms with E-state index in [-0.39, 0.29) is 17.2 Å². The minimum Gasteiger partial charge on any atom is -0.494 e. The van der Waals surface area contributed by atoms with Gasteiger partial charge in [-0.25, -0.2) is 4.39 Å². The maximum absolute atomic E-state index is 13.7. The number of aryl methyl sites for hydroxylation is 1. The Hall–Kier alpha value is -3.15. The van der Waals surface area contributed by atoms with Crippen LogP contribution in [-0.2, 0) is 13.5 Å². The lowest BCUT2D eigenvalue weighted by atomic mass is 10.1. The molecule has 0 unspecified atom stereocenters. The van der Waals surface area contributed by atoms with Gasteiger partial charge in [-0.05, 0) is 35.7 Å². The highest BCUT2D eigenvalue weighted by atomic mass is 19.1. The minimum absolute atomic E-state index is 0.121. The van der Waals surface area contributed by atoms with Crippen molar-refractivity contribution in [3.05, 3.63) is 71.8 Å². The summed E-state index contributed by atoms with van der Waals surface area (Å²) in [6.45, 7) is 0.471. The minimum atomic E-state index is -0.550. The second kappa shape index (κ2) is 7.82. The number of carbonyl (C=O) groups excluding carboxylic acids is 1. The molecule has 0 aliphatic heterocycles. The van der Waals surface area contributed by atoms with Crippen LogP contribution in [0.25, 0.3) is 11.1 Å². The third-order valence-corrected chi connectivity index (χ3v) is 4.11. The van der Waals surface area contributed by atoms with Crippen LogP contribution in [0.4, 0.5) is 4.39 Å². The van der Waals surface area contributed by atoms with E-state index in [0.717, 1.165) is 16.7 Å². The molecule has 0 aliphatic rings. The first-order valence-corrected chi connectivity index (χ1v) is 8.26. The molecule has 0 saturated heterocycles. The van der Waals surface area contributed by atoms with Crippen LogP contribution in [0.3, 0.4) is 0 Å². The highest BCUT2D eigenvalue weighted by Crippen LogP contribution is 2.19. The predicted octanol–water partition coefficient (Wildman–Crippen LogP) is 3.21. The van der Waals surface area contributed by atoms with E-state index >= 15 is 0 Å². The summed E-state index contributed by atoms with van der Waals surface area (Å²) in [6, 6.07) is 12.3. The summed E-state index contributed by atoms with van der Waals surface area (Å²) in [5, 5.41) is 6.97. The smallest absolute Gasteiger partial charge is 0.251 e. The van der Waals surface area contributed by atoms with Gasteiger partial charge in [-0.3, -0.25) is 9.48 Å². The molecule has 1 amide bonds. The number of rotatable bonds is 6. The summed E-state index contributed by atoms with van der Waals surface area (Å²) in [5.41, 5.74) is 3.54. The van der Waals surface area contributed by atoms with Crippen molar-refractivity contribution in [3.63, 3.8) is 0 Å². The molecule has 6 heteroatoms. The summed E-state index contributed by atoms with van der Waals surface area (Å²) in [6.07, 6.45) is 4.48. The fraction of sp³-hybridized carbons (Fsp3) is 0.200. The van der Waals surface area contributed by atoms with Crippen LogP contribution in [0.5, 0.6) is 5.75 Å². The highest BCUT2D eigenvalue weighted by Gasteiger charge is 2.09. The molecule has 0 saturated carbocycles. The van der Waals surface area contributed by atoms with Gasteiger partial charge in [-0.15, -0.1) is 0 Å². The number of hydrogen-bond acceptors (Lipinski definition) is 3. The number of carbonyl (C=O) groups is 1. The number of methoxy groups -OCH3 is 1. The van der Waals surface area contributed by atoms with E-state index in [0.29, 0.717) is 13.0 Å². The summed E-state index contributed by atoms with van der Waals surface area (Å²) in [4.78, 5) is 12.1. The Morgan fingerprint density at radius 2 is 1.96 bits per heavy atom. The van der Waals surface area contributed by atoms with Gasteiger partial charge in [-0.2, -0.15) is 5.10 Å². The number of benzene rings is 2. The average molecular weight is 353 g/mol. The van der Waals surface area contributed by atoms with Crippen LogP contribution < -0.4 is 10.1 Å². The first-order valence-electron chi connectivity index (χ1n) is 8.26. The zero-order valence-corrected chi connectivity index (χ0v) is 14.7. The van der Waals surface area contributed by atoms with Crippen molar-refractivity contribution < 1.29 is 13.9 Å². The topological polar surface area (TPSA) is 56.1 Å². The first-order chi connectivity index (χ1) is 12.6. The molecule has 3 aromatic rings. The molecule has 0 bridgehead atoms. The standard InChI is InChI=1S/C20H20FN3O2/c1-24-13-17(12-23-24)15-5-3-14(4-6-15)9-10-22-20(25)16-7-8-19(26-2)18(21)11-16/h3-8,11-13H,9-10H2,1-2H3,(H,22,25). The van der Waals surface area contributed by atoms with Gasteiger partial charge < -0.3 is 10.1 Å². The van der Waals surface area contributed by atoms with Gasteiger partial charge in [0.2, 0.25) is 0 Å². The largest absolute Gasteiger partial charge is 0.494 e. The third-order valence-electron chi connectivity index (χ3n) is 4.11. The molecule has 5 nitrogen and oxygen atoms in total. The number of amides is 1. The summed E-state index contributed by atoms with van der Waals surface area (Å²) >= 11 is 0. The summed E-state index contributed by atoms with van der Waals surface area (Å²) in [5.74, 6) is -0.736. The van der Waals surface area contributed by atoms with Crippen LogP contribution >= 0.6 is 0 Å². The highest BCUT2D eigenvalue weighted by molar-refractivity contribution is 5.94. The zero-order chi connectivity index (χ0) is 18.5. The average Bonchev–Trinajstić information content (AvgIpc) is 3.08. The monoisotopic (exact) mass is 353 g/mol. The van der Waals surface area contributed by atoms with E-state index in [4.69, 9.17) is 4.74 Å². The molecule has 2 aromatic carbocycles.